The molecule has 0 radical (unpaired) electrons. The summed E-state index contributed by atoms with van der Waals surface area (Å²) in [5, 5.41) is 11.9. The molecule has 3 amide bonds. The Morgan fingerprint density at radius 2 is 2.33 bits per heavy atom. The number of rotatable bonds is 6. The Bertz CT molecular complexity index is 497. The Balaban J connectivity index is 1.47. The first kappa shape index (κ1) is 14.5. The molecule has 0 aliphatic carbocycles. The molecule has 3 rings (SSSR count). The third-order valence-corrected chi connectivity index (χ3v) is 4.66. The molecule has 3 heterocycles. The molecule has 0 spiro atoms. The van der Waals surface area contributed by atoms with Crippen molar-refractivity contribution in [2.75, 3.05) is 19.7 Å². The highest BCUT2D eigenvalue weighted by molar-refractivity contribution is 7.09. The Morgan fingerprint density at radius 3 is 3.05 bits per heavy atom. The van der Waals surface area contributed by atoms with Gasteiger partial charge in [-0.1, -0.05) is 6.07 Å². The molecule has 2 fully saturated rings. The van der Waals surface area contributed by atoms with Crippen LogP contribution in [0.25, 0.3) is 0 Å². The summed E-state index contributed by atoms with van der Waals surface area (Å²) in [6, 6.07) is 3.31. The van der Waals surface area contributed by atoms with Gasteiger partial charge in [-0.25, -0.2) is 4.79 Å². The summed E-state index contributed by atoms with van der Waals surface area (Å²) in [4.78, 5) is 28.0. The van der Waals surface area contributed by atoms with Crippen LogP contribution in [0, 0.1) is 0 Å². The fourth-order valence-electron chi connectivity index (χ4n) is 2.80. The van der Waals surface area contributed by atoms with E-state index in [1.165, 1.54) is 0 Å². The number of hydrogen-bond donors (Lipinski definition) is 1. The third kappa shape index (κ3) is 2.95. The van der Waals surface area contributed by atoms with Crippen LogP contribution in [0.2, 0.25) is 0 Å². The lowest BCUT2D eigenvalue weighted by atomic mass is 10.2. The fraction of sp³-hybridized carbons (Fsp3) is 0.571. The minimum atomic E-state index is -0.849. The number of aliphatic hydroxyl groups is 1. The number of β-amino-alcohol motifs (C(OH)–C–C–N with tert-alkyl or cyclic N) is 1. The number of thiophene rings is 1. The summed E-state index contributed by atoms with van der Waals surface area (Å²) in [6.07, 6.45) is 0.756. The fourth-order valence-corrected chi connectivity index (χ4v) is 3.44. The number of ether oxygens (including phenoxy) is 1. The van der Waals surface area contributed by atoms with E-state index in [1.807, 2.05) is 17.5 Å². The van der Waals surface area contributed by atoms with Crippen molar-refractivity contribution in [1.29, 1.82) is 0 Å². The largest absolute Gasteiger partial charge is 0.389 e. The van der Waals surface area contributed by atoms with E-state index < -0.39 is 6.10 Å². The van der Waals surface area contributed by atoms with Crippen molar-refractivity contribution in [3.63, 3.8) is 0 Å². The second-order valence-electron chi connectivity index (χ2n) is 5.33. The molecule has 1 aromatic rings. The standard InChI is InChI=1S/C14H18N2O4S/c17-10(8-20-9-11-3-2-6-21-11)7-16-13(18)12-4-1-5-15(12)14(16)19/h2-3,6,10,12,17H,1,4-5,7-9H2/t10-,12+/m0/s1. The van der Waals surface area contributed by atoms with Crippen molar-refractivity contribution >= 4 is 23.3 Å². The zero-order chi connectivity index (χ0) is 14.8. The van der Waals surface area contributed by atoms with Crippen LogP contribution in [0.4, 0.5) is 4.79 Å². The maximum Gasteiger partial charge on any atom is 0.327 e. The van der Waals surface area contributed by atoms with Crippen molar-refractivity contribution in [3.05, 3.63) is 22.4 Å². The lowest BCUT2D eigenvalue weighted by Gasteiger charge is -2.19. The van der Waals surface area contributed by atoms with E-state index in [9.17, 15) is 14.7 Å². The molecule has 2 saturated heterocycles. The van der Waals surface area contributed by atoms with Crippen LogP contribution in [-0.4, -0.2) is 58.7 Å². The highest BCUT2D eigenvalue weighted by Gasteiger charge is 2.47. The van der Waals surface area contributed by atoms with Gasteiger partial charge in [0, 0.05) is 11.4 Å². The minimum absolute atomic E-state index is 0.00903. The quantitative estimate of drug-likeness (QED) is 0.798. The smallest absolute Gasteiger partial charge is 0.327 e. The zero-order valence-electron chi connectivity index (χ0n) is 11.6. The first-order chi connectivity index (χ1) is 10.2. The maximum absolute atomic E-state index is 12.1. The highest BCUT2D eigenvalue weighted by atomic mass is 32.1. The van der Waals surface area contributed by atoms with E-state index in [1.54, 1.807) is 16.2 Å². The molecule has 1 N–H and O–H groups in total. The molecule has 7 heteroatoms. The van der Waals surface area contributed by atoms with Crippen LogP contribution in [0.3, 0.4) is 0 Å². The lowest BCUT2D eigenvalue weighted by Crippen LogP contribution is -2.40. The summed E-state index contributed by atoms with van der Waals surface area (Å²) in [5.41, 5.74) is 0. The summed E-state index contributed by atoms with van der Waals surface area (Å²) in [7, 11) is 0. The van der Waals surface area contributed by atoms with E-state index in [0.29, 0.717) is 13.2 Å². The number of nitrogens with zero attached hydrogens (tertiary/aromatic N) is 2. The number of carbonyl (C=O) groups is 2. The van der Waals surface area contributed by atoms with Gasteiger partial charge in [-0.3, -0.25) is 9.69 Å². The van der Waals surface area contributed by atoms with Gasteiger partial charge in [-0.15, -0.1) is 11.3 Å². The van der Waals surface area contributed by atoms with E-state index in [2.05, 4.69) is 0 Å². The van der Waals surface area contributed by atoms with Crippen LogP contribution in [0.1, 0.15) is 17.7 Å². The number of imide groups is 1. The van der Waals surface area contributed by atoms with Gasteiger partial charge in [0.15, 0.2) is 0 Å². The number of aliphatic hydroxyl groups excluding tert-OH is 1. The summed E-state index contributed by atoms with van der Waals surface area (Å²) < 4.78 is 5.41. The molecule has 0 unspecified atom stereocenters. The van der Waals surface area contributed by atoms with Crippen molar-refractivity contribution in [1.82, 2.24) is 9.80 Å². The molecule has 6 nitrogen and oxygen atoms in total. The predicted octanol–water partition coefficient (Wildman–Crippen LogP) is 1.05. The van der Waals surface area contributed by atoms with Crippen molar-refractivity contribution < 1.29 is 19.4 Å². The van der Waals surface area contributed by atoms with Crippen molar-refractivity contribution in [2.45, 2.75) is 31.6 Å². The molecule has 0 saturated carbocycles. The normalized spacial score (nSPS) is 23.0. The Labute approximate surface area is 126 Å². The molecular formula is C14H18N2O4S. The SMILES string of the molecule is O=C1[C@H]2CCCN2C(=O)N1C[C@H](O)COCc1cccs1. The summed E-state index contributed by atoms with van der Waals surface area (Å²) in [6.45, 7) is 1.19. The van der Waals surface area contributed by atoms with Crippen molar-refractivity contribution in [2.24, 2.45) is 0 Å². The van der Waals surface area contributed by atoms with Crippen LogP contribution in [0.15, 0.2) is 17.5 Å². The lowest BCUT2D eigenvalue weighted by molar-refractivity contribution is -0.129. The number of amides is 3. The topological polar surface area (TPSA) is 70.1 Å². The third-order valence-electron chi connectivity index (χ3n) is 3.81. The molecule has 2 aliphatic rings. The van der Waals surface area contributed by atoms with Gasteiger partial charge in [0.25, 0.3) is 5.91 Å². The molecule has 0 bridgehead atoms. The van der Waals surface area contributed by atoms with E-state index in [0.717, 1.165) is 22.6 Å². The van der Waals surface area contributed by atoms with Crippen LogP contribution in [-0.2, 0) is 16.1 Å². The van der Waals surface area contributed by atoms with Crippen molar-refractivity contribution in [3.8, 4) is 0 Å². The Hall–Kier alpha value is -1.44. The van der Waals surface area contributed by atoms with E-state index in [4.69, 9.17) is 4.74 Å². The maximum atomic E-state index is 12.1. The summed E-state index contributed by atoms with van der Waals surface area (Å²) in [5.74, 6) is -0.185. The van der Waals surface area contributed by atoms with Gasteiger partial charge < -0.3 is 14.7 Å². The average molecular weight is 310 g/mol. The molecule has 21 heavy (non-hydrogen) atoms. The molecule has 0 aromatic carbocycles. The predicted molar refractivity (Wildman–Crippen MR) is 76.8 cm³/mol. The molecule has 1 aromatic heterocycles. The molecule has 114 valence electrons. The van der Waals surface area contributed by atoms with E-state index >= 15 is 0 Å². The average Bonchev–Trinajstić information content (AvgIpc) is 3.17. The van der Waals surface area contributed by atoms with Crippen LogP contribution in [0.5, 0.6) is 0 Å². The minimum Gasteiger partial charge on any atom is -0.389 e. The van der Waals surface area contributed by atoms with Crippen LogP contribution < -0.4 is 0 Å². The molecule has 2 atom stereocenters. The Morgan fingerprint density at radius 1 is 1.48 bits per heavy atom. The monoisotopic (exact) mass is 310 g/mol. The number of carbonyl (C=O) groups excluding carboxylic acids is 2. The van der Waals surface area contributed by atoms with Gasteiger partial charge in [0.05, 0.1) is 25.9 Å². The first-order valence-corrected chi connectivity index (χ1v) is 7.95. The molecule has 2 aliphatic heterocycles. The summed E-state index contributed by atoms with van der Waals surface area (Å²) >= 11 is 1.59. The number of fused-ring (bicyclic) bond motifs is 1. The number of hydrogen-bond acceptors (Lipinski definition) is 5. The van der Waals surface area contributed by atoms with Gasteiger partial charge in [0.1, 0.15) is 6.04 Å². The second-order valence-corrected chi connectivity index (χ2v) is 6.36. The Kier molecular flexibility index (Phi) is 4.23. The molecular weight excluding hydrogens is 292 g/mol. The first-order valence-electron chi connectivity index (χ1n) is 7.07. The second kappa shape index (κ2) is 6.13. The van der Waals surface area contributed by atoms with Gasteiger partial charge in [0.2, 0.25) is 0 Å². The number of urea groups is 1. The van der Waals surface area contributed by atoms with Gasteiger partial charge >= 0.3 is 6.03 Å². The van der Waals surface area contributed by atoms with Gasteiger partial charge in [-0.05, 0) is 24.3 Å². The highest BCUT2D eigenvalue weighted by Crippen LogP contribution is 2.27. The van der Waals surface area contributed by atoms with E-state index in [-0.39, 0.29) is 31.1 Å². The van der Waals surface area contributed by atoms with Gasteiger partial charge in [-0.2, -0.15) is 0 Å². The van der Waals surface area contributed by atoms with Crippen LogP contribution >= 0.6 is 11.3 Å². The zero-order valence-corrected chi connectivity index (χ0v) is 12.4.